The van der Waals surface area contributed by atoms with Crippen molar-refractivity contribution < 1.29 is 14.4 Å². The fourth-order valence-electron chi connectivity index (χ4n) is 4.88. The highest BCUT2D eigenvalue weighted by Gasteiger charge is 2.32. The molecule has 1 aromatic heterocycles. The van der Waals surface area contributed by atoms with Gasteiger partial charge in [0.05, 0.1) is 23.0 Å². The van der Waals surface area contributed by atoms with E-state index in [-0.39, 0.29) is 35.6 Å². The van der Waals surface area contributed by atoms with Crippen molar-refractivity contribution in [2.75, 3.05) is 37.4 Å². The molecule has 1 unspecified atom stereocenters. The fraction of sp³-hybridized carbons (Fsp3) is 0.565. The lowest BCUT2D eigenvalue weighted by molar-refractivity contribution is -0.129. The number of aryl methyl sites for hydroxylation is 1. The van der Waals surface area contributed by atoms with Gasteiger partial charge in [-0.1, -0.05) is 12.1 Å². The van der Waals surface area contributed by atoms with Gasteiger partial charge in [0.15, 0.2) is 0 Å². The first kappa shape index (κ1) is 22.6. The van der Waals surface area contributed by atoms with E-state index in [1.54, 1.807) is 11.8 Å². The summed E-state index contributed by atoms with van der Waals surface area (Å²) in [4.78, 5) is 45.4. The maximum atomic E-state index is 13.1. The number of benzene rings is 1. The number of fused-ring (bicyclic) bond motifs is 1. The van der Waals surface area contributed by atoms with Crippen molar-refractivity contribution in [1.29, 1.82) is 0 Å². The molecule has 2 fully saturated rings. The van der Waals surface area contributed by atoms with Gasteiger partial charge in [0.2, 0.25) is 23.7 Å². The maximum Gasteiger partial charge on any atom is 0.237 e. The Kier molecular flexibility index (Phi) is 6.69. The van der Waals surface area contributed by atoms with Gasteiger partial charge in [-0.05, 0) is 44.2 Å². The summed E-state index contributed by atoms with van der Waals surface area (Å²) in [6, 6.07) is 5.98. The van der Waals surface area contributed by atoms with Crippen LogP contribution in [0.5, 0.6) is 0 Å². The number of rotatable bonds is 4. The molecule has 2 aliphatic heterocycles. The first-order chi connectivity index (χ1) is 15.4. The Bertz CT molecular complexity index is 1040. The minimum Gasteiger partial charge on any atom is -0.341 e. The molecule has 172 valence electrons. The predicted octanol–water partition coefficient (Wildman–Crippen LogP) is 2.94. The van der Waals surface area contributed by atoms with Gasteiger partial charge in [-0.2, -0.15) is 0 Å². The van der Waals surface area contributed by atoms with Crippen LogP contribution in [0, 0.1) is 12.8 Å². The highest BCUT2D eigenvalue weighted by molar-refractivity contribution is 6.27. The molecule has 32 heavy (non-hydrogen) atoms. The smallest absolute Gasteiger partial charge is 0.237 e. The van der Waals surface area contributed by atoms with E-state index in [1.165, 1.54) is 0 Å². The number of alkyl halides is 1. The van der Waals surface area contributed by atoms with E-state index < -0.39 is 0 Å². The molecule has 4 rings (SSSR count). The first-order valence-electron chi connectivity index (χ1n) is 11.3. The lowest BCUT2D eigenvalue weighted by atomic mass is 10.1. The number of aromatic nitrogens is 2. The molecule has 0 radical (unpaired) electrons. The molecule has 0 spiro atoms. The quantitative estimate of drug-likeness (QED) is 0.712. The highest BCUT2D eigenvalue weighted by atomic mass is 35.5. The molecule has 1 N–H and O–H groups in total. The zero-order valence-corrected chi connectivity index (χ0v) is 19.4. The zero-order chi connectivity index (χ0) is 22.8. The molecule has 0 bridgehead atoms. The number of nitrogens with one attached hydrogen (secondary N) is 1. The number of carbonyl (C=O) groups excluding carboxylic acids is 3. The lowest BCUT2D eigenvalue weighted by Gasteiger charge is -2.26. The van der Waals surface area contributed by atoms with E-state index >= 15 is 0 Å². The standard InChI is InChI=1S/C23H30ClN5O3/c1-15-6-5-8-19-21(15)29(18-7-3-4-10-27(14-18)16(2)30)23(25-19)26-22(32)17-9-11-28(13-17)20(31)12-24/h5-6,8,17-18H,3-4,7,9-14H2,1-2H3,(H,25,26,32)/t17?,18-/m1/s1. The molecule has 2 atom stereocenters. The Morgan fingerprint density at radius 1 is 1.12 bits per heavy atom. The predicted molar refractivity (Wildman–Crippen MR) is 124 cm³/mol. The molecular weight excluding hydrogens is 430 g/mol. The van der Waals surface area contributed by atoms with Gasteiger partial charge < -0.3 is 14.4 Å². The average Bonchev–Trinajstić information content (AvgIpc) is 3.32. The van der Waals surface area contributed by atoms with Crippen LogP contribution in [0.1, 0.15) is 44.2 Å². The van der Waals surface area contributed by atoms with Crippen LogP contribution in [0.2, 0.25) is 0 Å². The Hall–Kier alpha value is -2.61. The van der Waals surface area contributed by atoms with Crippen LogP contribution in [0.15, 0.2) is 18.2 Å². The van der Waals surface area contributed by atoms with Gasteiger partial charge in [0.1, 0.15) is 5.88 Å². The van der Waals surface area contributed by atoms with Crippen molar-refractivity contribution in [1.82, 2.24) is 19.4 Å². The Morgan fingerprint density at radius 2 is 1.94 bits per heavy atom. The Morgan fingerprint density at radius 3 is 2.69 bits per heavy atom. The summed E-state index contributed by atoms with van der Waals surface area (Å²) >= 11 is 5.67. The van der Waals surface area contributed by atoms with Gasteiger partial charge >= 0.3 is 0 Å². The number of carbonyl (C=O) groups is 3. The van der Waals surface area contributed by atoms with Crippen molar-refractivity contribution in [3.8, 4) is 0 Å². The molecule has 0 aliphatic carbocycles. The first-order valence-corrected chi connectivity index (χ1v) is 11.8. The zero-order valence-electron chi connectivity index (χ0n) is 18.6. The van der Waals surface area contributed by atoms with Crippen molar-refractivity contribution in [3.63, 3.8) is 0 Å². The number of halogens is 1. The normalized spacial score (nSPS) is 21.6. The third-order valence-corrected chi connectivity index (χ3v) is 6.86. The number of para-hydroxylation sites is 1. The van der Waals surface area contributed by atoms with Crippen LogP contribution < -0.4 is 5.32 Å². The summed E-state index contributed by atoms with van der Waals surface area (Å²) in [6.45, 7) is 5.91. The van der Waals surface area contributed by atoms with Gasteiger partial charge in [0.25, 0.3) is 0 Å². The molecule has 3 heterocycles. The molecule has 3 amide bonds. The minimum atomic E-state index is -0.292. The topological polar surface area (TPSA) is 87.5 Å². The summed E-state index contributed by atoms with van der Waals surface area (Å²) < 4.78 is 2.11. The number of imidazole rings is 1. The molecule has 8 nitrogen and oxygen atoms in total. The number of anilines is 1. The summed E-state index contributed by atoms with van der Waals surface area (Å²) in [6.07, 6.45) is 3.49. The molecular formula is C23H30ClN5O3. The number of hydrogen-bond acceptors (Lipinski definition) is 4. The average molecular weight is 460 g/mol. The summed E-state index contributed by atoms with van der Waals surface area (Å²) in [5.74, 6) is -0.0684. The molecule has 1 aromatic carbocycles. The largest absolute Gasteiger partial charge is 0.341 e. The third-order valence-electron chi connectivity index (χ3n) is 6.63. The van der Waals surface area contributed by atoms with Gasteiger partial charge in [-0.15, -0.1) is 11.6 Å². The molecule has 2 aliphatic rings. The number of likely N-dealkylation sites (tertiary alicyclic amines) is 2. The van der Waals surface area contributed by atoms with Crippen LogP contribution in [0.25, 0.3) is 11.0 Å². The van der Waals surface area contributed by atoms with E-state index in [4.69, 9.17) is 16.6 Å². The van der Waals surface area contributed by atoms with Crippen LogP contribution in [-0.2, 0) is 14.4 Å². The van der Waals surface area contributed by atoms with Crippen molar-refractivity contribution >= 4 is 46.3 Å². The van der Waals surface area contributed by atoms with Crippen molar-refractivity contribution in [2.45, 2.75) is 45.6 Å². The summed E-state index contributed by atoms with van der Waals surface area (Å²) in [5, 5.41) is 3.05. The van der Waals surface area contributed by atoms with Gasteiger partial charge in [-0.3, -0.25) is 19.7 Å². The summed E-state index contributed by atoms with van der Waals surface area (Å²) in [5.41, 5.74) is 2.89. The fourth-order valence-corrected chi connectivity index (χ4v) is 5.05. The lowest BCUT2D eigenvalue weighted by Crippen LogP contribution is -2.35. The molecule has 0 saturated carbocycles. The van der Waals surface area contributed by atoms with E-state index in [0.29, 0.717) is 32.0 Å². The molecule has 2 aromatic rings. The van der Waals surface area contributed by atoms with Crippen LogP contribution in [0.4, 0.5) is 5.95 Å². The molecule has 9 heteroatoms. The van der Waals surface area contributed by atoms with Gasteiger partial charge in [-0.25, -0.2) is 4.98 Å². The van der Waals surface area contributed by atoms with Crippen LogP contribution in [0.3, 0.4) is 0 Å². The SMILES string of the molecule is CC(=O)N1CCCC[C@@H](n2c(NC(=O)C3CCN(C(=O)CCl)C3)nc3cccc(C)c32)C1. The maximum absolute atomic E-state index is 13.1. The van der Waals surface area contributed by atoms with E-state index in [1.807, 2.05) is 30.0 Å². The molecule has 2 saturated heterocycles. The third kappa shape index (κ3) is 4.46. The van der Waals surface area contributed by atoms with Crippen molar-refractivity contribution in [2.24, 2.45) is 5.92 Å². The van der Waals surface area contributed by atoms with E-state index in [9.17, 15) is 14.4 Å². The van der Waals surface area contributed by atoms with E-state index in [0.717, 1.165) is 42.4 Å². The highest BCUT2D eigenvalue weighted by Crippen LogP contribution is 2.32. The number of amides is 3. The van der Waals surface area contributed by atoms with Crippen LogP contribution >= 0.6 is 11.6 Å². The number of hydrogen-bond donors (Lipinski definition) is 1. The Labute approximate surface area is 192 Å². The second-order valence-electron chi connectivity index (χ2n) is 8.81. The van der Waals surface area contributed by atoms with Crippen molar-refractivity contribution in [3.05, 3.63) is 23.8 Å². The van der Waals surface area contributed by atoms with Crippen LogP contribution in [-0.4, -0.2) is 69.1 Å². The second kappa shape index (κ2) is 9.48. The van der Waals surface area contributed by atoms with Gasteiger partial charge in [0, 0.05) is 33.1 Å². The number of nitrogens with zero attached hydrogens (tertiary/aromatic N) is 4. The minimum absolute atomic E-state index is 0.0284. The summed E-state index contributed by atoms with van der Waals surface area (Å²) in [7, 11) is 0. The second-order valence-corrected chi connectivity index (χ2v) is 9.08. The Balaban J connectivity index is 1.65. The van der Waals surface area contributed by atoms with E-state index in [2.05, 4.69) is 9.88 Å². The monoisotopic (exact) mass is 459 g/mol.